The first-order valence-corrected chi connectivity index (χ1v) is 11.4. The topological polar surface area (TPSA) is 42.3 Å². The Morgan fingerprint density at radius 2 is 1.26 bits per heavy atom. The summed E-state index contributed by atoms with van der Waals surface area (Å²) in [4.78, 5) is 28.4. The van der Waals surface area contributed by atoms with E-state index in [0.717, 1.165) is 28.2 Å². The molecule has 1 aromatic heterocycles. The third kappa shape index (κ3) is 3.57. The van der Waals surface area contributed by atoms with Gasteiger partial charge in [0.1, 0.15) is 0 Å². The van der Waals surface area contributed by atoms with Crippen molar-refractivity contribution in [3.05, 3.63) is 118 Å². The van der Waals surface area contributed by atoms with E-state index < -0.39 is 0 Å². The fourth-order valence-electron chi connectivity index (χ4n) is 4.75. The van der Waals surface area contributed by atoms with Crippen LogP contribution in [-0.2, 0) is 4.79 Å². The molecule has 2 amide bonds. The smallest absolute Gasteiger partial charge is 0.265 e. The monoisotopic (exact) mass is 446 g/mol. The summed E-state index contributed by atoms with van der Waals surface area (Å²) in [6.45, 7) is 8.16. The molecular weight excluding hydrogens is 420 g/mol. The largest absolute Gasteiger partial charge is 0.318 e. The molecule has 0 saturated heterocycles. The Labute approximate surface area is 199 Å². The number of fused-ring (bicyclic) bond motifs is 1. The molecule has 34 heavy (non-hydrogen) atoms. The lowest BCUT2D eigenvalue weighted by atomic mass is 9.91. The Hall–Kier alpha value is -4.18. The summed E-state index contributed by atoms with van der Waals surface area (Å²) in [5.41, 5.74) is 8.64. The number of rotatable bonds is 3. The predicted octanol–water partition coefficient (Wildman–Crippen LogP) is 6.44. The van der Waals surface area contributed by atoms with Crippen molar-refractivity contribution in [2.45, 2.75) is 27.7 Å². The fraction of sp³-hybridized carbons (Fsp3) is 0.133. The number of hydrogen-bond acceptors (Lipinski definition) is 2. The third-order valence-corrected chi connectivity index (χ3v) is 6.37. The van der Waals surface area contributed by atoms with Gasteiger partial charge < -0.3 is 4.57 Å². The second-order valence-corrected chi connectivity index (χ2v) is 8.89. The Morgan fingerprint density at radius 3 is 1.94 bits per heavy atom. The Morgan fingerprint density at radius 1 is 0.647 bits per heavy atom. The van der Waals surface area contributed by atoms with Crippen LogP contribution >= 0.6 is 0 Å². The zero-order chi connectivity index (χ0) is 24.0. The van der Waals surface area contributed by atoms with Gasteiger partial charge >= 0.3 is 0 Å². The minimum atomic E-state index is -0.311. The molecule has 5 rings (SSSR count). The van der Waals surface area contributed by atoms with E-state index in [9.17, 15) is 9.59 Å². The molecule has 3 aromatic carbocycles. The van der Waals surface area contributed by atoms with Crippen molar-refractivity contribution in [1.82, 2.24) is 4.57 Å². The van der Waals surface area contributed by atoms with E-state index in [-0.39, 0.29) is 11.8 Å². The normalized spacial score (nSPS) is 14.6. The molecule has 0 atom stereocenters. The van der Waals surface area contributed by atoms with Gasteiger partial charge in [-0.15, -0.1) is 0 Å². The minimum absolute atomic E-state index is 0.298. The van der Waals surface area contributed by atoms with Crippen molar-refractivity contribution in [2.75, 3.05) is 4.90 Å². The number of nitrogens with zero attached hydrogens (tertiary/aromatic N) is 2. The van der Waals surface area contributed by atoms with Gasteiger partial charge in [-0.05, 0) is 92.4 Å². The van der Waals surface area contributed by atoms with Gasteiger partial charge in [0, 0.05) is 28.2 Å². The predicted molar refractivity (Wildman–Crippen MR) is 137 cm³/mol. The molecule has 0 bridgehead atoms. The maximum atomic E-state index is 13.8. The lowest BCUT2D eigenvalue weighted by Crippen LogP contribution is -2.41. The van der Waals surface area contributed by atoms with E-state index >= 15 is 0 Å². The SMILES string of the molecule is Cc1cccc(N2C(=O)/C(=C/c3cc(C)n(-c4cccc(C)c4)c3C)c3ccccc3C2=O)c1. The average molecular weight is 447 g/mol. The maximum absolute atomic E-state index is 13.8. The van der Waals surface area contributed by atoms with Gasteiger partial charge in [-0.3, -0.25) is 9.59 Å². The Bertz CT molecular complexity index is 1490. The number of amides is 2. The van der Waals surface area contributed by atoms with Gasteiger partial charge in [-0.2, -0.15) is 0 Å². The number of aryl methyl sites for hydroxylation is 3. The molecular formula is C30H26N2O2. The molecule has 4 aromatic rings. The zero-order valence-electron chi connectivity index (χ0n) is 19.8. The molecule has 0 fully saturated rings. The fourth-order valence-corrected chi connectivity index (χ4v) is 4.75. The van der Waals surface area contributed by atoms with Crippen LogP contribution in [-0.4, -0.2) is 16.4 Å². The van der Waals surface area contributed by atoms with Crippen LogP contribution in [0.15, 0.2) is 78.9 Å². The van der Waals surface area contributed by atoms with Gasteiger partial charge in [-0.25, -0.2) is 4.90 Å². The number of carbonyl (C=O) groups excluding carboxylic acids is 2. The summed E-state index contributed by atoms with van der Waals surface area (Å²) in [5, 5.41) is 0. The molecule has 0 N–H and O–H groups in total. The van der Waals surface area contributed by atoms with Gasteiger partial charge in [0.25, 0.3) is 11.8 Å². The van der Waals surface area contributed by atoms with Gasteiger partial charge in [0.15, 0.2) is 0 Å². The van der Waals surface area contributed by atoms with Crippen LogP contribution in [0.25, 0.3) is 17.3 Å². The first-order valence-electron chi connectivity index (χ1n) is 11.4. The summed E-state index contributed by atoms with van der Waals surface area (Å²) in [5.74, 6) is -0.608. The summed E-state index contributed by atoms with van der Waals surface area (Å²) in [7, 11) is 0. The Balaban J connectivity index is 1.68. The maximum Gasteiger partial charge on any atom is 0.265 e. The number of hydrogen-bond donors (Lipinski definition) is 0. The van der Waals surface area contributed by atoms with E-state index in [1.54, 1.807) is 12.1 Å². The van der Waals surface area contributed by atoms with Crippen LogP contribution in [0.1, 0.15) is 44.0 Å². The first kappa shape index (κ1) is 21.7. The standard InChI is InChI=1S/C30H26N2O2/c1-19-9-7-11-24(15-19)31-21(3)17-23(22(31)4)18-28-26-13-5-6-14-27(26)29(33)32(30(28)34)25-12-8-10-20(2)16-25/h5-18H,1-4H3/b28-18+. The molecule has 1 aliphatic heterocycles. The molecule has 0 unspecified atom stereocenters. The molecule has 4 nitrogen and oxygen atoms in total. The number of carbonyl (C=O) groups is 2. The van der Waals surface area contributed by atoms with E-state index in [2.05, 4.69) is 49.6 Å². The third-order valence-electron chi connectivity index (χ3n) is 6.37. The van der Waals surface area contributed by atoms with E-state index in [1.165, 1.54) is 10.5 Å². The molecule has 4 heteroatoms. The van der Waals surface area contributed by atoms with Crippen molar-refractivity contribution >= 4 is 29.2 Å². The average Bonchev–Trinajstić information content (AvgIpc) is 3.09. The van der Waals surface area contributed by atoms with Gasteiger partial charge in [-0.1, -0.05) is 42.5 Å². The zero-order valence-corrected chi connectivity index (χ0v) is 19.8. The lowest BCUT2D eigenvalue weighted by Gasteiger charge is -2.29. The van der Waals surface area contributed by atoms with Crippen molar-refractivity contribution in [3.8, 4) is 5.69 Å². The molecule has 0 aliphatic carbocycles. The van der Waals surface area contributed by atoms with Crippen molar-refractivity contribution in [3.63, 3.8) is 0 Å². The van der Waals surface area contributed by atoms with E-state index in [0.29, 0.717) is 22.4 Å². The summed E-state index contributed by atoms with van der Waals surface area (Å²) >= 11 is 0. The van der Waals surface area contributed by atoms with Crippen molar-refractivity contribution < 1.29 is 9.59 Å². The van der Waals surface area contributed by atoms with Crippen LogP contribution in [0.3, 0.4) is 0 Å². The molecule has 0 radical (unpaired) electrons. The second-order valence-electron chi connectivity index (χ2n) is 8.89. The first-order chi connectivity index (χ1) is 16.3. The molecule has 2 heterocycles. The number of imide groups is 1. The van der Waals surface area contributed by atoms with Gasteiger partial charge in [0.2, 0.25) is 0 Å². The highest BCUT2D eigenvalue weighted by atomic mass is 16.2. The highest BCUT2D eigenvalue weighted by Crippen LogP contribution is 2.35. The second kappa shape index (κ2) is 8.31. The van der Waals surface area contributed by atoms with Crippen LogP contribution in [0.5, 0.6) is 0 Å². The molecule has 0 saturated carbocycles. The summed E-state index contributed by atoms with van der Waals surface area (Å²) < 4.78 is 2.20. The highest BCUT2D eigenvalue weighted by Gasteiger charge is 2.36. The molecule has 0 spiro atoms. The van der Waals surface area contributed by atoms with E-state index in [1.807, 2.05) is 55.5 Å². The Kier molecular flexibility index (Phi) is 5.29. The summed E-state index contributed by atoms with van der Waals surface area (Å²) in [6, 6.07) is 25.3. The van der Waals surface area contributed by atoms with Crippen molar-refractivity contribution in [2.24, 2.45) is 0 Å². The number of benzene rings is 3. The van der Waals surface area contributed by atoms with E-state index in [4.69, 9.17) is 0 Å². The number of anilines is 1. The molecule has 1 aliphatic rings. The summed E-state index contributed by atoms with van der Waals surface area (Å²) in [6.07, 6.45) is 1.92. The van der Waals surface area contributed by atoms with Crippen LogP contribution in [0, 0.1) is 27.7 Å². The van der Waals surface area contributed by atoms with Crippen LogP contribution in [0.2, 0.25) is 0 Å². The van der Waals surface area contributed by atoms with Crippen LogP contribution < -0.4 is 4.90 Å². The van der Waals surface area contributed by atoms with Crippen LogP contribution in [0.4, 0.5) is 5.69 Å². The van der Waals surface area contributed by atoms with Gasteiger partial charge in [0.05, 0.1) is 5.69 Å². The number of aromatic nitrogens is 1. The quantitative estimate of drug-likeness (QED) is 0.268. The highest BCUT2D eigenvalue weighted by molar-refractivity contribution is 6.43. The minimum Gasteiger partial charge on any atom is -0.318 e. The van der Waals surface area contributed by atoms with Crippen molar-refractivity contribution in [1.29, 1.82) is 0 Å². The lowest BCUT2D eigenvalue weighted by molar-refractivity contribution is -0.112. The molecule has 168 valence electrons.